The van der Waals surface area contributed by atoms with Crippen molar-refractivity contribution in [3.63, 3.8) is 0 Å². The van der Waals surface area contributed by atoms with Crippen LogP contribution in [0.5, 0.6) is 11.5 Å². The van der Waals surface area contributed by atoms with E-state index in [0.717, 1.165) is 22.4 Å². The second-order valence-electron chi connectivity index (χ2n) is 8.26. The summed E-state index contributed by atoms with van der Waals surface area (Å²) in [6.45, 7) is 5.99. The first-order valence-electron chi connectivity index (χ1n) is 11.5. The second kappa shape index (κ2) is 11.0. The fourth-order valence-electron chi connectivity index (χ4n) is 3.75. The predicted octanol–water partition coefficient (Wildman–Crippen LogP) is 4.98. The summed E-state index contributed by atoms with van der Waals surface area (Å²) in [5, 5.41) is 6.16. The van der Waals surface area contributed by atoms with E-state index in [1.807, 2.05) is 69.3 Å². The van der Waals surface area contributed by atoms with E-state index >= 15 is 0 Å². The lowest BCUT2D eigenvalue weighted by Crippen LogP contribution is -2.30. The summed E-state index contributed by atoms with van der Waals surface area (Å²) in [4.78, 5) is 26.9. The molecule has 1 heterocycles. The zero-order valence-corrected chi connectivity index (χ0v) is 21.1. The molecule has 1 aliphatic heterocycles. The number of carbonyl (C=O) groups is 2. The number of benzene rings is 3. The van der Waals surface area contributed by atoms with Gasteiger partial charge in [0.25, 0.3) is 11.8 Å². The first-order chi connectivity index (χ1) is 17.4. The average Bonchev–Trinajstić information content (AvgIpc) is 3.12. The average molecular weight is 502 g/mol. The largest absolute Gasteiger partial charge is 0.490 e. The third kappa shape index (κ3) is 5.72. The first-order valence-corrected chi connectivity index (χ1v) is 12.0. The molecule has 0 bridgehead atoms. The number of nitrogens with zero attached hydrogens (tertiary/aromatic N) is 1. The minimum atomic E-state index is -0.275. The molecule has 0 saturated carbocycles. The molecule has 184 valence electrons. The highest BCUT2D eigenvalue weighted by Gasteiger charge is 2.32. The van der Waals surface area contributed by atoms with Gasteiger partial charge in [-0.15, -0.1) is 0 Å². The maximum Gasteiger partial charge on any atom is 0.281 e. The number of hydrogen-bond acceptors (Lipinski definition) is 5. The monoisotopic (exact) mass is 501 g/mol. The Morgan fingerprint density at radius 3 is 2.58 bits per heavy atom. The molecule has 1 aliphatic rings. The molecule has 36 heavy (non-hydrogen) atoms. The molecule has 0 radical (unpaired) electrons. The van der Waals surface area contributed by atoms with Gasteiger partial charge < -0.3 is 20.1 Å². The number of hydrogen-bond donors (Lipinski definition) is 2. The van der Waals surface area contributed by atoms with E-state index in [9.17, 15) is 9.59 Å². The van der Waals surface area contributed by atoms with E-state index < -0.39 is 0 Å². The van der Waals surface area contributed by atoms with Gasteiger partial charge in [-0.05, 0) is 86.1 Å². The van der Waals surface area contributed by atoms with Crippen LogP contribution >= 0.6 is 12.2 Å². The minimum absolute atomic E-state index is 0.172. The van der Waals surface area contributed by atoms with E-state index in [4.69, 9.17) is 21.7 Å². The summed E-state index contributed by atoms with van der Waals surface area (Å²) in [7, 11) is 0. The minimum Gasteiger partial charge on any atom is -0.490 e. The SMILES string of the molecule is CCOc1cc(/C=C2/NC(=S)N(c3cccc(C)c3)C2=O)ccc1OCC(=O)Nc1ccccc1C. The second-order valence-corrected chi connectivity index (χ2v) is 8.65. The third-order valence-electron chi connectivity index (χ3n) is 5.49. The zero-order valence-electron chi connectivity index (χ0n) is 20.3. The Kier molecular flexibility index (Phi) is 7.65. The van der Waals surface area contributed by atoms with Gasteiger partial charge >= 0.3 is 0 Å². The molecule has 0 unspecified atom stereocenters. The lowest BCUT2D eigenvalue weighted by molar-refractivity contribution is -0.118. The topological polar surface area (TPSA) is 79.9 Å². The number of carbonyl (C=O) groups excluding carboxylic acids is 2. The number of rotatable bonds is 8. The predicted molar refractivity (Wildman–Crippen MR) is 145 cm³/mol. The van der Waals surface area contributed by atoms with Crippen LogP contribution in [0, 0.1) is 13.8 Å². The summed E-state index contributed by atoms with van der Waals surface area (Å²) in [5.41, 5.74) is 4.53. The molecular weight excluding hydrogens is 474 g/mol. The van der Waals surface area contributed by atoms with Crippen molar-refractivity contribution in [3.05, 3.63) is 89.1 Å². The van der Waals surface area contributed by atoms with Crippen LogP contribution in [0.15, 0.2) is 72.4 Å². The van der Waals surface area contributed by atoms with Crippen LogP contribution in [0.1, 0.15) is 23.6 Å². The molecule has 0 atom stereocenters. The Labute approximate surface area is 215 Å². The quantitative estimate of drug-likeness (QED) is 0.335. The van der Waals surface area contributed by atoms with E-state index in [2.05, 4.69) is 10.6 Å². The summed E-state index contributed by atoms with van der Waals surface area (Å²) in [5.74, 6) is 0.390. The Morgan fingerprint density at radius 2 is 1.83 bits per heavy atom. The van der Waals surface area contributed by atoms with Gasteiger partial charge in [0.05, 0.1) is 12.3 Å². The van der Waals surface area contributed by atoms with E-state index in [1.165, 1.54) is 4.90 Å². The molecule has 3 aromatic carbocycles. The van der Waals surface area contributed by atoms with Crippen molar-refractivity contribution in [3.8, 4) is 11.5 Å². The van der Waals surface area contributed by atoms with Gasteiger partial charge in [-0.3, -0.25) is 14.5 Å². The standard InChI is InChI=1S/C28H27N3O4S/c1-4-34-25-16-20(12-13-24(25)35-17-26(32)29-22-11-6-5-9-19(22)3)15-23-27(33)31(28(36)30-23)21-10-7-8-18(2)14-21/h5-16H,4,17H2,1-3H3,(H,29,32)(H,30,36)/b23-15+. The Bertz CT molecular complexity index is 1350. The highest BCUT2D eigenvalue weighted by atomic mass is 32.1. The van der Waals surface area contributed by atoms with Crippen molar-refractivity contribution in [2.45, 2.75) is 20.8 Å². The molecular formula is C28H27N3O4S. The van der Waals surface area contributed by atoms with E-state index in [1.54, 1.807) is 24.3 Å². The van der Waals surface area contributed by atoms with Gasteiger partial charge in [0.1, 0.15) is 5.70 Å². The van der Waals surface area contributed by atoms with Crippen molar-refractivity contribution < 1.29 is 19.1 Å². The lowest BCUT2D eigenvalue weighted by Gasteiger charge is -2.14. The van der Waals surface area contributed by atoms with Crippen LogP contribution in [-0.4, -0.2) is 30.1 Å². The highest BCUT2D eigenvalue weighted by Crippen LogP contribution is 2.30. The van der Waals surface area contributed by atoms with Crippen molar-refractivity contribution in [2.24, 2.45) is 0 Å². The number of nitrogens with one attached hydrogen (secondary N) is 2. The molecule has 2 N–H and O–H groups in total. The number of ether oxygens (including phenoxy) is 2. The molecule has 1 saturated heterocycles. The van der Waals surface area contributed by atoms with Gasteiger partial charge in [-0.2, -0.15) is 0 Å². The van der Waals surface area contributed by atoms with Gasteiger partial charge in [0.15, 0.2) is 23.2 Å². The number of amides is 2. The third-order valence-corrected chi connectivity index (χ3v) is 5.78. The molecule has 0 aromatic heterocycles. The molecule has 8 heteroatoms. The fraction of sp³-hybridized carbons (Fsp3) is 0.179. The fourth-order valence-corrected chi connectivity index (χ4v) is 4.05. The molecule has 4 rings (SSSR count). The Hall–Kier alpha value is -4.17. The normalized spacial score (nSPS) is 14.1. The molecule has 7 nitrogen and oxygen atoms in total. The van der Waals surface area contributed by atoms with Crippen LogP contribution < -0.4 is 25.0 Å². The number of anilines is 2. The van der Waals surface area contributed by atoms with Crippen LogP contribution in [-0.2, 0) is 9.59 Å². The van der Waals surface area contributed by atoms with Gasteiger partial charge in [-0.25, -0.2) is 0 Å². The molecule has 1 fully saturated rings. The van der Waals surface area contributed by atoms with E-state index in [-0.39, 0.29) is 18.4 Å². The first kappa shape index (κ1) is 24.9. The molecule has 0 aliphatic carbocycles. The summed E-state index contributed by atoms with van der Waals surface area (Å²) < 4.78 is 11.5. The highest BCUT2D eigenvalue weighted by molar-refractivity contribution is 7.80. The number of para-hydroxylation sites is 1. The van der Waals surface area contributed by atoms with Crippen LogP contribution in [0.4, 0.5) is 11.4 Å². The van der Waals surface area contributed by atoms with Crippen LogP contribution in [0.3, 0.4) is 0 Å². The smallest absolute Gasteiger partial charge is 0.281 e. The summed E-state index contributed by atoms with van der Waals surface area (Å²) >= 11 is 5.41. The van der Waals surface area contributed by atoms with Crippen molar-refractivity contribution in [1.29, 1.82) is 0 Å². The van der Waals surface area contributed by atoms with Crippen LogP contribution in [0.25, 0.3) is 6.08 Å². The Balaban J connectivity index is 1.48. The molecule has 3 aromatic rings. The number of aryl methyl sites for hydroxylation is 2. The number of thiocarbonyl (C=S) groups is 1. The molecule has 2 amide bonds. The van der Waals surface area contributed by atoms with Gasteiger partial charge in [0, 0.05) is 5.69 Å². The summed E-state index contributed by atoms with van der Waals surface area (Å²) in [6, 6.07) is 20.4. The van der Waals surface area contributed by atoms with Crippen molar-refractivity contribution in [2.75, 3.05) is 23.4 Å². The van der Waals surface area contributed by atoms with Crippen LogP contribution in [0.2, 0.25) is 0 Å². The Morgan fingerprint density at radius 1 is 1.03 bits per heavy atom. The maximum absolute atomic E-state index is 13.1. The summed E-state index contributed by atoms with van der Waals surface area (Å²) in [6.07, 6.45) is 1.71. The van der Waals surface area contributed by atoms with Crippen molar-refractivity contribution >= 4 is 46.6 Å². The van der Waals surface area contributed by atoms with E-state index in [0.29, 0.717) is 34.6 Å². The maximum atomic E-state index is 13.1. The molecule has 0 spiro atoms. The van der Waals surface area contributed by atoms with Gasteiger partial charge in [-0.1, -0.05) is 36.4 Å². The van der Waals surface area contributed by atoms with Gasteiger partial charge in [0.2, 0.25) is 0 Å². The van der Waals surface area contributed by atoms with Crippen molar-refractivity contribution in [1.82, 2.24) is 5.32 Å². The zero-order chi connectivity index (χ0) is 25.7. The lowest BCUT2D eigenvalue weighted by atomic mass is 10.1.